The average Bonchev–Trinajstić information content (AvgIpc) is 3.33. The topological polar surface area (TPSA) is 75.9 Å². The number of pyridine rings is 1. The average molecular weight is 476 g/mol. The normalized spacial score (nSPS) is 18.7. The van der Waals surface area contributed by atoms with Gasteiger partial charge in [-0.05, 0) is 49.9 Å². The summed E-state index contributed by atoms with van der Waals surface area (Å²) >= 11 is 0. The van der Waals surface area contributed by atoms with Crippen molar-refractivity contribution in [2.24, 2.45) is 5.92 Å². The number of nitrogens with one attached hydrogen (secondary N) is 1. The van der Waals surface area contributed by atoms with Crippen molar-refractivity contribution >= 4 is 11.7 Å². The van der Waals surface area contributed by atoms with Gasteiger partial charge in [-0.1, -0.05) is 6.92 Å². The number of carbonyl (C=O) groups excluding carboxylic acids is 1. The largest absolute Gasteiger partial charge is 0.417 e. The van der Waals surface area contributed by atoms with Crippen molar-refractivity contribution in [3.05, 3.63) is 65.4 Å². The molecule has 2 aromatic heterocycles. The monoisotopic (exact) mass is 476 g/mol. The molecule has 4 rings (SSSR count). The van der Waals surface area contributed by atoms with Crippen LogP contribution >= 0.6 is 0 Å². The predicted molar refractivity (Wildman–Crippen MR) is 117 cm³/mol. The lowest BCUT2D eigenvalue weighted by molar-refractivity contribution is -0.137. The van der Waals surface area contributed by atoms with Crippen molar-refractivity contribution in [2.75, 3.05) is 18.4 Å². The number of hydrogen-bond donors (Lipinski definition) is 1. The maximum atomic E-state index is 14.3. The lowest BCUT2D eigenvalue weighted by Gasteiger charge is -2.40. The number of rotatable bonds is 5. The molecule has 0 aliphatic carbocycles. The highest BCUT2D eigenvalue weighted by Gasteiger charge is 2.34. The molecule has 1 aliphatic rings. The third kappa shape index (κ3) is 4.73. The Morgan fingerprint density at radius 3 is 2.56 bits per heavy atom. The Kier molecular flexibility index (Phi) is 6.54. The van der Waals surface area contributed by atoms with E-state index < -0.39 is 17.6 Å². The van der Waals surface area contributed by atoms with E-state index in [1.54, 1.807) is 11.8 Å². The van der Waals surface area contributed by atoms with Gasteiger partial charge in [0.25, 0.3) is 5.91 Å². The number of nitrogens with zero attached hydrogens (tertiary/aromatic N) is 5. The quantitative estimate of drug-likeness (QED) is 0.550. The van der Waals surface area contributed by atoms with E-state index in [0.29, 0.717) is 13.1 Å². The van der Waals surface area contributed by atoms with Gasteiger partial charge in [0.15, 0.2) is 0 Å². The SMILES string of the molecule is Cc1c(F)ccc(C(=O)N2CCC[C@@H](C)C2CNc2ccc(C(F)(F)F)cn2)c1-n1nccn1. The fourth-order valence-corrected chi connectivity index (χ4v) is 4.28. The number of hydrogen-bond acceptors (Lipinski definition) is 5. The minimum Gasteiger partial charge on any atom is -0.368 e. The van der Waals surface area contributed by atoms with Crippen LogP contribution in [0.3, 0.4) is 0 Å². The van der Waals surface area contributed by atoms with E-state index in [-0.39, 0.29) is 40.5 Å². The van der Waals surface area contributed by atoms with E-state index in [1.165, 1.54) is 35.4 Å². The smallest absolute Gasteiger partial charge is 0.368 e. The second-order valence-corrected chi connectivity index (χ2v) is 8.38. The van der Waals surface area contributed by atoms with Gasteiger partial charge in [0.2, 0.25) is 0 Å². The van der Waals surface area contributed by atoms with E-state index >= 15 is 0 Å². The van der Waals surface area contributed by atoms with Gasteiger partial charge in [-0.3, -0.25) is 4.79 Å². The van der Waals surface area contributed by atoms with Crippen molar-refractivity contribution in [1.29, 1.82) is 0 Å². The van der Waals surface area contributed by atoms with Crippen LogP contribution in [0.4, 0.5) is 23.4 Å². The molecule has 11 heteroatoms. The Morgan fingerprint density at radius 2 is 1.91 bits per heavy atom. The molecule has 180 valence electrons. The van der Waals surface area contributed by atoms with E-state index in [2.05, 4.69) is 20.5 Å². The number of halogens is 4. The van der Waals surface area contributed by atoms with Crippen LogP contribution in [0.1, 0.15) is 41.3 Å². The van der Waals surface area contributed by atoms with Crippen molar-refractivity contribution < 1.29 is 22.4 Å². The lowest BCUT2D eigenvalue weighted by atomic mass is 9.89. The molecule has 7 nitrogen and oxygen atoms in total. The molecule has 0 saturated carbocycles. The fraction of sp³-hybridized carbons (Fsp3) is 0.391. The second-order valence-electron chi connectivity index (χ2n) is 8.38. The van der Waals surface area contributed by atoms with Crippen LogP contribution in [-0.4, -0.2) is 49.9 Å². The molecule has 1 aromatic carbocycles. The number of piperidine rings is 1. The molecule has 1 unspecified atom stereocenters. The molecular weight excluding hydrogens is 452 g/mol. The van der Waals surface area contributed by atoms with E-state index in [1.807, 2.05) is 6.92 Å². The molecule has 3 heterocycles. The van der Waals surface area contributed by atoms with Gasteiger partial charge in [0.05, 0.1) is 29.6 Å². The maximum absolute atomic E-state index is 14.3. The molecule has 1 N–H and O–H groups in total. The van der Waals surface area contributed by atoms with Gasteiger partial charge in [-0.2, -0.15) is 28.2 Å². The minimum atomic E-state index is -4.46. The highest BCUT2D eigenvalue weighted by atomic mass is 19.4. The summed E-state index contributed by atoms with van der Waals surface area (Å²) < 4.78 is 52.7. The third-order valence-electron chi connectivity index (χ3n) is 6.17. The number of amides is 1. The van der Waals surface area contributed by atoms with Crippen LogP contribution in [-0.2, 0) is 6.18 Å². The summed E-state index contributed by atoms with van der Waals surface area (Å²) in [4.78, 5) is 20.5. The number of alkyl halides is 3. The van der Waals surface area contributed by atoms with Crippen LogP contribution in [0.25, 0.3) is 5.69 Å². The van der Waals surface area contributed by atoms with Gasteiger partial charge in [0, 0.05) is 24.8 Å². The molecular formula is C23H24F4N6O. The molecule has 3 aromatic rings. The van der Waals surface area contributed by atoms with Gasteiger partial charge in [0.1, 0.15) is 17.3 Å². The summed E-state index contributed by atoms with van der Waals surface area (Å²) in [5.74, 6) is -0.332. The molecule has 0 bridgehead atoms. The first-order chi connectivity index (χ1) is 16.2. The maximum Gasteiger partial charge on any atom is 0.417 e. The first kappa shape index (κ1) is 23.7. The van der Waals surface area contributed by atoms with Crippen LogP contribution in [0, 0.1) is 18.7 Å². The van der Waals surface area contributed by atoms with Gasteiger partial charge < -0.3 is 10.2 Å². The second kappa shape index (κ2) is 9.40. The predicted octanol–water partition coefficient (Wildman–Crippen LogP) is 4.48. The first-order valence-electron chi connectivity index (χ1n) is 10.9. The van der Waals surface area contributed by atoms with Crippen molar-refractivity contribution in [1.82, 2.24) is 24.9 Å². The third-order valence-corrected chi connectivity index (χ3v) is 6.17. The first-order valence-corrected chi connectivity index (χ1v) is 10.9. The number of benzene rings is 1. The molecule has 34 heavy (non-hydrogen) atoms. The molecule has 1 amide bonds. The summed E-state index contributed by atoms with van der Waals surface area (Å²) in [6.45, 7) is 4.40. The standard InChI is InChI=1S/C23H24F4N6O/c1-14-4-3-11-32(19(14)13-29-20-8-5-16(12-28-20)23(25,26)27)22(34)17-6-7-18(24)15(2)21(17)33-30-9-10-31-33/h5-10,12,14,19H,3-4,11,13H2,1-2H3,(H,28,29)/t14-,19?/m1/s1. The highest BCUT2D eigenvalue weighted by Crippen LogP contribution is 2.30. The van der Waals surface area contributed by atoms with Crippen LogP contribution in [0.5, 0.6) is 0 Å². The summed E-state index contributed by atoms with van der Waals surface area (Å²) in [6, 6.07) is 4.68. The number of carbonyl (C=O) groups is 1. The van der Waals surface area contributed by atoms with E-state index in [0.717, 1.165) is 25.1 Å². The van der Waals surface area contributed by atoms with Crippen molar-refractivity contribution in [2.45, 2.75) is 38.9 Å². The van der Waals surface area contributed by atoms with E-state index in [9.17, 15) is 22.4 Å². The van der Waals surface area contributed by atoms with Crippen molar-refractivity contribution in [3.63, 3.8) is 0 Å². The van der Waals surface area contributed by atoms with Crippen LogP contribution in [0.2, 0.25) is 0 Å². The van der Waals surface area contributed by atoms with Crippen LogP contribution in [0.15, 0.2) is 42.9 Å². The summed E-state index contributed by atoms with van der Waals surface area (Å²) in [5, 5.41) is 11.2. The minimum absolute atomic E-state index is 0.132. The highest BCUT2D eigenvalue weighted by molar-refractivity contribution is 5.98. The molecule has 2 atom stereocenters. The Bertz CT molecular complexity index is 1150. The number of aromatic nitrogens is 4. The van der Waals surface area contributed by atoms with Gasteiger partial charge in [-0.25, -0.2) is 9.37 Å². The van der Waals surface area contributed by atoms with Crippen molar-refractivity contribution in [3.8, 4) is 5.69 Å². The zero-order valence-corrected chi connectivity index (χ0v) is 18.7. The summed E-state index contributed by atoms with van der Waals surface area (Å²) in [6.07, 6.45) is 0.919. The molecule has 1 aliphatic heterocycles. The zero-order chi connectivity index (χ0) is 24.5. The van der Waals surface area contributed by atoms with Crippen LogP contribution < -0.4 is 5.32 Å². The Hall–Kier alpha value is -3.50. The molecule has 0 spiro atoms. The molecule has 1 fully saturated rings. The Labute approximate surface area is 193 Å². The van der Waals surface area contributed by atoms with E-state index in [4.69, 9.17) is 0 Å². The molecule has 1 saturated heterocycles. The summed E-state index contributed by atoms with van der Waals surface area (Å²) in [7, 11) is 0. The number of anilines is 1. The fourth-order valence-electron chi connectivity index (χ4n) is 4.28. The lowest BCUT2D eigenvalue weighted by Crippen LogP contribution is -2.51. The summed E-state index contributed by atoms with van der Waals surface area (Å²) in [5.41, 5.74) is -0.00531. The number of likely N-dealkylation sites (tertiary alicyclic amines) is 1. The van der Waals surface area contributed by atoms with Gasteiger partial charge in [-0.15, -0.1) is 0 Å². The Balaban J connectivity index is 1.58. The zero-order valence-electron chi connectivity index (χ0n) is 18.7. The molecule has 0 radical (unpaired) electrons. The van der Waals surface area contributed by atoms with Gasteiger partial charge >= 0.3 is 6.18 Å². The Morgan fingerprint density at radius 1 is 1.18 bits per heavy atom.